The summed E-state index contributed by atoms with van der Waals surface area (Å²) in [4.78, 5) is 13.7. The minimum absolute atomic E-state index is 0. The Labute approximate surface area is 196 Å². The van der Waals surface area contributed by atoms with Gasteiger partial charge in [-0.15, -0.1) is 9.88 Å². The molecule has 0 aromatic carbocycles. The molecule has 236 valence electrons. The van der Waals surface area contributed by atoms with Crippen molar-refractivity contribution in [2.45, 2.75) is 43.2 Å². The lowest BCUT2D eigenvalue weighted by Gasteiger charge is -2.21. The first-order valence-electron chi connectivity index (χ1n) is 7.08. The van der Waals surface area contributed by atoms with Crippen molar-refractivity contribution in [3.8, 4) is 0 Å². The number of sulfonamides is 1. The Morgan fingerprint density at radius 3 is 1.08 bits per heavy atom. The smallest absolute Gasteiger partial charge is 0.267 e. The van der Waals surface area contributed by atoms with Gasteiger partial charge >= 0.3 is 51.7 Å². The first kappa shape index (κ1) is 45.8. The summed E-state index contributed by atoms with van der Waals surface area (Å²) in [6.45, 7) is -6.58. The summed E-state index contributed by atoms with van der Waals surface area (Å²) in [5.74, 6) is -14.2. The van der Waals surface area contributed by atoms with Crippen LogP contribution in [-0.2, 0) is 24.7 Å². The number of carbonyl (C=O) groups is 1. The van der Waals surface area contributed by atoms with E-state index in [2.05, 4.69) is 0 Å². The first-order chi connectivity index (χ1) is 16.0. The monoisotopic (exact) mass is 649 g/mol. The molecule has 0 aliphatic rings. The second-order valence-corrected chi connectivity index (χ2v) is 6.51. The van der Waals surface area contributed by atoms with Crippen LogP contribution in [0.15, 0.2) is 0 Å². The van der Waals surface area contributed by atoms with Gasteiger partial charge in [0.15, 0.2) is 13.3 Å². The zero-order valence-electron chi connectivity index (χ0n) is 16.1. The summed E-state index contributed by atoms with van der Waals surface area (Å²) in [6, 6.07) is 0. The fourth-order valence-corrected chi connectivity index (χ4v) is 1.08. The zero-order valence-corrected chi connectivity index (χ0v) is 16.9. The topological polar surface area (TPSA) is 81.7 Å². The molecule has 27 heteroatoms. The number of hydrogen-bond acceptors (Lipinski definition) is 5. The van der Waals surface area contributed by atoms with Crippen LogP contribution < -0.4 is 4.72 Å². The van der Waals surface area contributed by atoms with Crippen LogP contribution in [0.3, 0.4) is 0 Å². The number of amides is 1. The maximum atomic E-state index is 12.6. The quantitative estimate of drug-likeness (QED) is 0.359. The van der Waals surface area contributed by atoms with E-state index in [0.717, 1.165) is 0 Å². The van der Waals surface area contributed by atoms with Gasteiger partial charge in [-0.25, -0.2) is 22.3 Å². The van der Waals surface area contributed by atoms with Gasteiger partial charge in [-0.2, -0.15) is 69.9 Å². The molecule has 0 heterocycles. The van der Waals surface area contributed by atoms with Gasteiger partial charge in [0.25, 0.3) is 0 Å². The number of rotatable bonds is 5. The second-order valence-electron chi connectivity index (χ2n) is 4.84. The Morgan fingerprint density at radius 2 is 0.974 bits per heavy atom. The highest BCUT2D eigenvalue weighted by atomic mass is 32.2. The molecule has 2 atom stereocenters. The van der Waals surface area contributed by atoms with Crippen LogP contribution in [0.4, 0.5) is 88.1 Å². The molecular formula is C11H11F20NO5S. The molecule has 0 rings (SSSR count). The highest BCUT2D eigenvalue weighted by molar-refractivity contribution is 7.90. The molecule has 6 nitrogen and oxygen atoms in total. The third kappa shape index (κ3) is 16.0. The minimum Gasteiger partial charge on any atom is -0.267 e. The average molecular weight is 649 g/mol. The molecule has 1 amide bonds. The predicted molar refractivity (Wildman–Crippen MR) is 79.1 cm³/mol. The van der Waals surface area contributed by atoms with Crippen LogP contribution in [0.25, 0.3) is 0 Å². The largest absolute Gasteiger partial charge is 0.516 e. The highest BCUT2D eigenvalue weighted by Gasteiger charge is 2.67. The van der Waals surface area contributed by atoms with Crippen LogP contribution >= 0.6 is 0 Å². The van der Waals surface area contributed by atoms with E-state index < -0.39 is 72.0 Å². The van der Waals surface area contributed by atoms with Gasteiger partial charge in [-0.05, 0) is 9.05 Å². The van der Waals surface area contributed by atoms with Crippen molar-refractivity contribution < 1.29 is 111 Å². The predicted octanol–water partition coefficient (Wildman–Crippen LogP) is 6.20. The van der Waals surface area contributed by atoms with Gasteiger partial charge in [0.05, 0.1) is 0 Å². The molecule has 0 saturated heterocycles. The normalized spacial score (nSPS) is 15.4. The van der Waals surface area contributed by atoms with Gasteiger partial charge in [-0.1, -0.05) is 7.43 Å². The van der Waals surface area contributed by atoms with Crippen molar-refractivity contribution in [3.63, 3.8) is 0 Å². The van der Waals surface area contributed by atoms with Crippen LogP contribution in [0, 0.1) is 0 Å². The molecule has 0 aromatic rings. The van der Waals surface area contributed by atoms with Gasteiger partial charge in [0, 0.05) is 0 Å². The number of alkyl halides is 18. The molecule has 0 fully saturated rings. The maximum absolute atomic E-state index is 12.6. The van der Waals surface area contributed by atoms with Gasteiger partial charge in [0.2, 0.25) is 6.93 Å². The molecule has 1 N–H and O–H groups in total. The maximum Gasteiger partial charge on any atom is 0.516 e. The van der Waals surface area contributed by atoms with Crippen molar-refractivity contribution in [1.29, 1.82) is 0 Å². The van der Waals surface area contributed by atoms with Crippen LogP contribution in [0.5, 0.6) is 0 Å². The van der Waals surface area contributed by atoms with Crippen molar-refractivity contribution in [3.05, 3.63) is 0 Å². The average Bonchev–Trinajstić information content (AvgIpc) is 2.70. The molecule has 0 aliphatic carbocycles. The van der Waals surface area contributed by atoms with E-state index in [1.807, 2.05) is 0 Å². The molecule has 2 unspecified atom stereocenters. The van der Waals surface area contributed by atoms with Gasteiger partial charge in [-0.3, -0.25) is 4.79 Å². The van der Waals surface area contributed by atoms with E-state index in [4.69, 9.17) is 0 Å². The molecule has 0 radical (unpaired) electrons. The lowest BCUT2D eigenvalue weighted by atomic mass is 10.3. The summed E-state index contributed by atoms with van der Waals surface area (Å²) in [7, 11) is -6.64. The summed E-state index contributed by atoms with van der Waals surface area (Å²) >= 11 is 0. The van der Waals surface area contributed by atoms with E-state index in [-0.39, 0.29) is 12.1 Å². The third-order valence-electron chi connectivity index (χ3n) is 2.16. The molecule has 0 aromatic heterocycles. The van der Waals surface area contributed by atoms with Crippen molar-refractivity contribution in [2.24, 2.45) is 0 Å². The minimum atomic E-state index is -6.64. The molecule has 0 spiro atoms. The summed E-state index contributed by atoms with van der Waals surface area (Å²) in [5.41, 5.74) is -6.20. The number of hydrogen-bond donors (Lipinski definition) is 1. The van der Waals surface area contributed by atoms with Crippen LogP contribution in [-0.4, -0.2) is 70.3 Å². The number of nitrogens with one attached hydrogen (secondary N) is 1. The van der Waals surface area contributed by atoms with E-state index in [9.17, 15) is 101 Å². The fraction of sp³-hybridized carbons (Fsp3) is 0.909. The van der Waals surface area contributed by atoms with Gasteiger partial charge in [0.1, 0.15) is 0 Å². The molecule has 0 bridgehead atoms. The standard InChI is InChI=1S/C4HF8NO4S.C3H2F6O.C2H2F4.CH2F2.CH4/c5-2(17-12,3(6,7)8)1(14)13-18(15,16)4(9,10)11;4-1-2(5,10-9)3(6,7)8;3-1-2(4,5)6;2-1-3;/h(H,13,14);1H2;1H2;1H2;1H4. The lowest BCUT2D eigenvalue weighted by molar-refractivity contribution is -0.404. The molecular weight excluding hydrogens is 638 g/mol. The molecule has 0 aliphatic heterocycles. The third-order valence-corrected chi connectivity index (χ3v) is 3.23. The Kier molecular flexibility index (Phi) is 20.3. The summed E-state index contributed by atoms with van der Waals surface area (Å²) in [6.07, 6.45) is -16.7. The zero-order chi connectivity index (χ0) is 31.3. The Hall–Kier alpha value is -2.06. The Balaban J connectivity index is -0.000000152. The first-order valence-corrected chi connectivity index (χ1v) is 8.57. The Morgan fingerprint density at radius 1 is 0.658 bits per heavy atom. The van der Waals surface area contributed by atoms with E-state index in [1.54, 1.807) is 9.88 Å². The summed E-state index contributed by atoms with van der Waals surface area (Å²) in [5, 5.41) is 0. The number of carbonyl (C=O) groups excluding carboxylic acids is 1. The fourth-order valence-electron chi connectivity index (χ4n) is 0.593. The van der Waals surface area contributed by atoms with E-state index >= 15 is 0 Å². The van der Waals surface area contributed by atoms with Crippen molar-refractivity contribution in [2.75, 3.05) is 20.3 Å². The Bertz CT molecular complexity index is 742. The number of halogens is 20. The SMILES string of the molecule is C.FCC(F)(F)F.FCC(F)(OF)C(F)(F)F.FCF.O=C(NS(=O)(=O)C(F)(F)F)C(F)(OF)C(F)(F)F. The van der Waals surface area contributed by atoms with E-state index in [0.29, 0.717) is 0 Å². The van der Waals surface area contributed by atoms with Crippen molar-refractivity contribution in [1.82, 2.24) is 4.72 Å². The van der Waals surface area contributed by atoms with Crippen LogP contribution in [0.1, 0.15) is 7.43 Å². The highest BCUT2D eigenvalue weighted by Crippen LogP contribution is 2.37. The molecule has 0 saturated carbocycles. The van der Waals surface area contributed by atoms with Crippen LogP contribution in [0.2, 0.25) is 0 Å². The molecule has 38 heavy (non-hydrogen) atoms. The van der Waals surface area contributed by atoms with E-state index in [1.165, 1.54) is 0 Å². The summed E-state index contributed by atoms with van der Waals surface area (Å²) < 4.78 is 242. The lowest BCUT2D eigenvalue weighted by Crippen LogP contribution is -2.57. The van der Waals surface area contributed by atoms with Crippen molar-refractivity contribution >= 4 is 15.9 Å². The van der Waals surface area contributed by atoms with Gasteiger partial charge < -0.3 is 0 Å². The second kappa shape index (κ2) is 16.8.